The Morgan fingerprint density at radius 1 is 1.35 bits per heavy atom. The molecule has 1 aromatic rings. The lowest BCUT2D eigenvalue weighted by atomic mass is 10.3. The van der Waals surface area contributed by atoms with Gasteiger partial charge in [-0.2, -0.15) is 0 Å². The van der Waals surface area contributed by atoms with Crippen molar-refractivity contribution >= 4 is 41.3 Å². The van der Waals surface area contributed by atoms with Gasteiger partial charge in [-0.05, 0) is 24.4 Å². The zero-order valence-electron chi connectivity index (χ0n) is 8.66. The number of aliphatic hydroxyl groups excluding tert-OH is 1. The molecule has 0 spiro atoms. The number of nitrogens with one attached hydrogen (secondary N) is 2. The molecule has 0 atom stereocenters. The molecular formula is C9H12N4O2S2. The lowest BCUT2D eigenvalue weighted by Crippen LogP contribution is -2.61. The Bertz CT molecular complexity index is 429. The van der Waals surface area contributed by atoms with E-state index in [1.165, 1.54) is 0 Å². The van der Waals surface area contributed by atoms with Crippen molar-refractivity contribution in [2.45, 2.75) is 11.5 Å². The summed E-state index contributed by atoms with van der Waals surface area (Å²) in [7, 11) is 0. The quantitative estimate of drug-likeness (QED) is 0.254. The van der Waals surface area contributed by atoms with E-state index in [1.54, 1.807) is 0 Å². The van der Waals surface area contributed by atoms with E-state index in [2.05, 4.69) is 23.3 Å². The van der Waals surface area contributed by atoms with Gasteiger partial charge >= 0.3 is 0 Å². The molecule has 1 heterocycles. The highest BCUT2D eigenvalue weighted by molar-refractivity contribution is 7.82. The molecule has 0 saturated carbocycles. The van der Waals surface area contributed by atoms with Gasteiger partial charge in [-0.3, -0.25) is 0 Å². The third-order valence-corrected chi connectivity index (χ3v) is 3.00. The summed E-state index contributed by atoms with van der Waals surface area (Å²) >= 11 is 9.08. The van der Waals surface area contributed by atoms with Gasteiger partial charge in [-0.25, -0.2) is 4.90 Å². The van der Waals surface area contributed by atoms with Crippen LogP contribution < -0.4 is 16.4 Å². The predicted octanol–water partition coefficient (Wildman–Crippen LogP) is -0.121. The minimum atomic E-state index is -1.86. The van der Waals surface area contributed by atoms with Gasteiger partial charge in [0.2, 0.25) is 11.5 Å². The summed E-state index contributed by atoms with van der Waals surface area (Å²) in [5.74, 6) is 0. The first-order chi connectivity index (χ1) is 7.94. The number of anilines is 2. The molecule has 1 aromatic carbocycles. The van der Waals surface area contributed by atoms with E-state index in [1.807, 2.05) is 24.3 Å². The first kappa shape index (κ1) is 12.2. The highest BCUT2D eigenvalue weighted by Gasteiger charge is 2.42. The Balaban J connectivity index is 2.32. The molecule has 8 heteroatoms. The van der Waals surface area contributed by atoms with E-state index in [0.29, 0.717) is 0 Å². The van der Waals surface area contributed by atoms with E-state index in [4.69, 9.17) is 18.0 Å². The fourth-order valence-electron chi connectivity index (χ4n) is 1.67. The number of rotatable bonds is 2. The lowest BCUT2D eigenvalue weighted by molar-refractivity contribution is -0.135. The maximum absolute atomic E-state index is 9.27. The number of nitrogens with two attached hydrogens (primary N) is 1. The van der Waals surface area contributed by atoms with Crippen LogP contribution in [0.15, 0.2) is 24.3 Å². The molecule has 1 aliphatic heterocycles. The van der Waals surface area contributed by atoms with Crippen LogP contribution in [0.5, 0.6) is 0 Å². The second-order valence-corrected chi connectivity index (χ2v) is 4.59. The second-order valence-electron chi connectivity index (χ2n) is 3.52. The van der Waals surface area contributed by atoms with Gasteiger partial charge in [0.15, 0.2) is 5.11 Å². The zero-order chi connectivity index (χ0) is 12.6. The third kappa shape index (κ3) is 2.12. The summed E-state index contributed by atoms with van der Waals surface area (Å²) in [6.07, 6.45) is -1.86. The summed E-state index contributed by atoms with van der Waals surface area (Å²) in [6, 6.07) is 7.32. The summed E-state index contributed by atoms with van der Waals surface area (Å²) in [6.45, 7) is 0. The molecule has 17 heavy (non-hydrogen) atoms. The number of aliphatic hydroxyl groups is 2. The van der Waals surface area contributed by atoms with Crippen molar-refractivity contribution in [1.29, 1.82) is 0 Å². The molecule has 6 N–H and O–H groups in total. The molecule has 0 fully saturated rings. The molecule has 2 rings (SSSR count). The molecule has 0 saturated heterocycles. The fraction of sp³-hybridized carbons (Fsp3) is 0.222. The second kappa shape index (κ2) is 4.22. The number of fused-ring (bicyclic) bond motifs is 1. The first-order valence-electron chi connectivity index (χ1n) is 4.77. The van der Waals surface area contributed by atoms with Crippen LogP contribution in [0.4, 0.5) is 11.4 Å². The number of benzene rings is 1. The van der Waals surface area contributed by atoms with Crippen molar-refractivity contribution in [3.05, 3.63) is 24.3 Å². The Morgan fingerprint density at radius 2 is 1.82 bits per heavy atom. The Kier molecular flexibility index (Phi) is 3.04. The number of hydrogen-bond acceptors (Lipinski definition) is 6. The topological polar surface area (TPSA) is 93.8 Å². The Morgan fingerprint density at radius 3 is 2.18 bits per heavy atom. The molecule has 1 aliphatic rings. The Hall–Kier alpha value is -1.22. The number of hydrogen-bond donors (Lipinski definition) is 6. The fourth-order valence-corrected chi connectivity index (χ4v) is 2.42. The van der Waals surface area contributed by atoms with Crippen molar-refractivity contribution in [1.82, 2.24) is 4.90 Å². The molecule has 0 unspecified atom stereocenters. The van der Waals surface area contributed by atoms with E-state index in [0.717, 1.165) is 16.3 Å². The highest BCUT2D eigenvalue weighted by atomic mass is 32.1. The van der Waals surface area contributed by atoms with Crippen molar-refractivity contribution in [2.24, 2.45) is 5.73 Å². The summed E-state index contributed by atoms with van der Waals surface area (Å²) in [5.41, 5.74) is 6.98. The molecule has 0 amide bonds. The van der Waals surface area contributed by atoms with Crippen molar-refractivity contribution in [3.63, 3.8) is 0 Å². The average molecular weight is 272 g/mol. The largest absolute Gasteiger partial charge is 0.376 e. The predicted molar refractivity (Wildman–Crippen MR) is 72.3 cm³/mol. The maximum Gasteiger partial charge on any atom is 0.241 e. The number of thiocarbonyl (C=S) groups is 1. The molecule has 0 bridgehead atoms. The molecular weight excluding hydrogens is 260 g/mol. The molecule has 0 radical (unpaired) electrons. The van der Waals surface area contributed by atoms with E-state index in [9.17, 15) is 10.2 Å². The van der Waals surface area contributed by atoms with Crippen LogP contribution >= 0.6 is 24.8 Å². The van der Waals surface area contributed by atoms with Gasteiger partial charge in [0.25, 0.3) is 0 Å². The van der Waals surface area contributed by atoms with Crippen molar-refractivity contribution in [3.8, 4) is 0 Å². The average Bonchev–Trinajstić information content (AvgIpc) is 2.52. The van der Waals surface area contributed by atoms with E-state index in [-0.39, 0.29) is 5.11 Å². The molecule has 6 nitrogen and oxygen atoms in total. The highest BCUT2D eigenvalue weighted by Crippen LogP contribution is 2.37. The van der Waals surface area contributed by atoms with Gasteiger partial charge < -0.3 is 26.6 Å². The van der Waals surface area contributed by atoms with Crippen LogP contribution in [-0.2, 0) is 0 Å². The zero-order valence-corrected chi connectivity index (χ0v) is 10.4. The van der Waals surface area contributed by atoms with E-state index >= 15 is 0 Å². The number of nitrogens with zero attached hydrogens (tertiary/aromatic N) is 1. The summed E-state index contributed by atoms with van der Waals surface area (Å²) in [5, 5.41) is 23.0. The summed E-state index contributed by atoms with van der Waals surface area (Å²) < 4.78 is 0. The Labute approximate surface area is 109 Å². The standard InChI is InChI=1S/C9H12N4O2S2/c10-7(16)13(8(14)15)9(17)11-5-3-1-2-4-6(5)12-9/h1-4,8,11-12,14-15,17H,(H2,10,16). The third-order valence-electron chi connectivity index (χ3n) is 2.36. The maximum atomic E-state index is 9.27. The van der Waals surface area contributed by atoms with Crippen LogP contribution in [0.2, 0.25) is 0 Å². The minimum absolute atomic E-state index is 0.192. The molecule has 0 aliphatic carbocycles. The monoisotopic (exact) mass is 272 g/mol. The van der Waals surface area contributed by atoms with Crippen LogP contribution in [0, 0.1) is 0 Å². The minimum Gasteiger partial charge on any atom is -0.376 e. The lowest BCUT2D eigenvalue weighted by Gasteiger charge is -2.38. The SMILES string of the molecule is NC(=S)N(C(O)O)C1(S)Nc2ccccc2N1. The molecule has 92 valence electrons. The summed E-state index contributed by atoms with van der Waals surface area (Å²) in [4.78, 5) is 0.936. The van der Waals surface area contributed by atoms with Gasteiger partial charge in [-0.15, -0.1) is 12.6 Å². The first-order valence-corrected chi connectivity index (χ1v) is 5.62. The number of thiol groups is 1. The van der Waals surface area contributed by atoms with Crippen LogP contribution in [0.25, 0.3) is 0 Å². The van der Waals surface area contributed by atoms with Crippen LogP contribution in [0.3, 0.4) is 0 Å². The van der Waals surface area contributed by atoms with Crippen molar-refractivity contribution < 1.29 is 10.2 Å². The molecule has 0 aromatic heterocycles. The normalized spacial score (nSPS) is 16.0. The van der Waals surface area contributed by atoms with Crippen molar-refractivity contribution in [2.75, 3.05) is 10.6 Å². The van der Waals surface area contributed by atoms with Gasteiger partial charge in [0.05, 0.1) is 11.4 Å². The van der Waals surface area contributed by atoms with Crippen LogP contribution in [0.1, 0.15) is 0 Å². The van der Waals surface area contributed by atoms with Gasteiger partial charge in [-0.1, -0.05) is 12.1 Å². The van der Waals surface area contributed by atoms with E-state index < -0.39 is 11.5 Å². The van der Waals surface area contributed by atoms with Crippen LogP contribution in [-0.4, -0.2) is 31.8 Å². The van der Waals surface area contributed by atoms with Gasteiger partial charge in [0, 0.05) is 0 Å². The number of para-hydroxylation sites is 2. The smallest absolute Gasteiger partial charge is 0.241 e. The van der Waals surface area contributed by atoms with Gasteiger partial charge in [0.1, 0.15) is 0 Å².